The molecule has 2 aromatic carbocycles. The Morgan fingerprint density at radius 2 is 1.82 bits per heavy atom. The van der Waals surface area contributed by atoms with Crippen molar-refractivity contribution in [1.82, 2.24) is 10.2 Å². The lowest BCUT2D eigenvalue weighted by atomic mass is 10.1. The molecule has 0 aliphatic rings. The minimum atomic E-state index is -0.278. The summed E-state index contributed by atoms with van der Waals surface area (Å²) in [6.45, 7) is 0.599. The molecule has 3 rings (SSSR count). The number of nitrogens with zero attached hydrogens (tertiary/aromatic N) is 3. The van der Waals surface area contributed by atoms with Crippen molar-refractivity contribution in [1.29, 1.82) is 0 Å². The summed E-state index contributed by atoms with van der Waals surface area (Å²) in [5.74, 6) is -0.257. The van der Waals surface area contributed by atoms with Crippen LogP contribution in [-0.2, 0) is 6.54 Å². The molecule has 0 aliphatic heterocycles. The van der Waals surface area contributed by atoms with Gasteiger partial charge in [-0.3, -0.25) is 4.79 Å². The predicted molar refractivity (Wildman–Crippen MR) is 111 cm³/mol. The number of anilines is 1. The molecule has 3 aromatic rings. The predicted octanol–water partition coefficient (Wildman–Crippen LogP) is 1.27. The van der Waals surface area contributed by atoms with Crippen LogP contribution in [0.1, 0.15) is 5.56 Å². The van der Waals surface area contributed by atoms with Crippen LogP contribution in [0.25, 0.3) is 11.3 Å². The van der Waals surface area contributed by atoms with E-state index < -0.39 is 0 Å². The Morgan fingerprint density at radius 3 is 2.50 bits per heavy atom. The third kappa shape index (κ3) is 4.94. The second-order valence-electron chi connectivity index (χ2n) is 5.88. The Hall–Kier alpha value is -4.14. The summed E-state index contributed by atoms with van der Waals surface area (Å²) in [6, 6.07) is 18.5. The van der Waals surface area contributed by atoms with Gasteiger partial charge >= 0.3 is 0 Å². The van der Waals surface area contributed by atoms with Gasteiger partial charge in [-0.05, 0) is 23.8 Å². The van der Waals surface area contributed by atoms with Crippen LogP contribution in [0.3, 0.4) is 0 Å². The molecule has 8 N–H and O–H groups in total. The Balaban J connectivity index is 1.96. The highest BCUT2D eigenvalue weighted by molar-refractivity contribution is 5.94. The maximum absolute atomic E-state index is 11.2. The van der Waals surface area contributed by atoms with Gasteiger partial charge in [-0.2, -0.15) is 10.1 Å². The number of aliphatic imine (C=N–C) groups is 2. The number of hydrogen-bond acceptors (Lipinski definition) is 4. The van der Waals surface area contributed by atoms with E-state index in [0.717, 1.165) is 16.8 Å². The number of nitrogens with one attached hydrogen (secondary N) is 2. The van der Waals surface area contributed by atoms with E-state index in [4.69, 9.17) is 17.2 Å². The molecule has 0 unspecified atom stereocenters. The monoisotopic (exact) mass is 376 g/mol. The molecule has 0 saturated carbocycles. The SMILES string of the molecule is NC(N)=NC(N)=Nc1cc(-c2ccc(=O)[nH]n2)ccc1NCc1ccccc1. The molecule has 9 nitrogen and oxygen atoms in total. The lowest BCUT2D eigenvalue weighted by Crippen LogP contribution is -2.26. The standard InChI is InChI=1S/C19H20N8O/c20-18(21)25-19(22)24-16-10-13(14-8-9-17(28)27-26-14)6-7-15(16)23-11-12-4-2-1-3-5-12/h1-10,23H,11H2,(H,27,28)(H6,20,21,22,24,25). The highest BCUT2D eigenvalue weighted by Crippen LogP contribution is 2.30. The first kappa shape index (κ1) is 18.6. The molecule has 0 amide bonds. The molecule has 1 aromatic heterocycles. The van der Waals surface area contributed by atoms with Crippen LogP contribution >= 0.6 is 0 Å². The van der Waals surface area contributed by atoms with Crippen LogP contribution in [0.4, 0.5) is 11.4 Å². The van der Waals surface area contributed by atoms with Crippen molar-refractivity contribution in [2.24, 2.45) is 27.2 Å². The van der Waals surface area contributed by atoms with Crippen molar-refractivity contribution in [3.05, 3.63) is 76.6 Å². The normalized spacial score (nSPS) is 11.1. The molecule has 0 aliphatic carbocycles. The summed E-state index contributed by atoms with van der Waals surface area (Å²) in [6.07, 6.45) is 0. The van der Waals surface area contributed by atoms with Gasteiger partial charge in [0.05, 0.1) is 17.1 Å². The molecule has 0 fully saturated rings. The van der Waals surface area contributed by atoms with Gasteiger partial charge in [-0.25, -0.2) is 10.1 Å². The highest BCUT2D eigenvalue weighted by Gasteiger charge is 2.07. The molecular formula is C19H20N8O. The van der Waals surface area contributed by atoms with Crippen molar-refractivity contribution in [2.45, 2.75) is 6.54 Å². The summed E-state index contributed by atoms with van der Waals surface area (Å²) in [5, 5.41) is 9.77. The number of H-pyrrole nitrogens is 1. The van der Waals surface area contributed by atoms with Crippen molar-refractivity contribution in [3.63, 3.8) is 0 Å². The molecule has 9 heteroatoms. The average molecular weight is 376 g/mol. The number of rotatable bonds is 5. The van der Waals surface area contributed by atoms with E-state index in [1.807, 2.05) is 42.5 Å². The topological polar surface area (TPSA) is 161 Å². The summed E-state index contributed by atoms with van der Waals surface area (Å²) in [7, 11) is 0. The van der Waals surface area contributed by atoms with E-state index >= 15 is 0 Å². The van der Waals surface area contributed by atoms with Gasteiger partial charge in [-0.1, -0.05) is 36.4 Å². The van der Waals surface area contributed by atoms with Crippen LogP contribution < -0.4 is 28.1 Å². The lowest BCUT2D eigenvalue weighted by Gasteiger charge is -2.11. The van der Waals surface area contributed by atoms with E-state index in [-0.39, 0.29) is 17.5 Å². The zero-order chi connectivity index (χ0) is 19.9. The van der Waals surface area contributed by atoms with Crippen LogP contribution in [0.2, 0.25) is 0 Å². The molecule has 0 bridgehead atoms. The van der Waals surface area contributed by atoms with Gasteiger partial charge in [0.25, 0.3) is 5.56 Å². The number of hydrogen-bond donors (Lipinski definition) is 5. The number of nitrogens with two attached hydrogens (primary N) is 3. The summed E-state index contributed by atoms with van der Waals surface area (Å²) in [5.41, 5.74) is 20.0. The summed E-state index contributed by atoms with van der Waals surface area (Å²) >= 11 is 0. The fourth-order valence-electron chi connectivity index (χ4n) is 2.51. The first-order chi connectivity index (χ1) is 13.5. The van der Waals surface area contributed by atoms with Crippen LogP contribution in [0.5, 0.6) is 0 Å². The van der Waals surface area contributed by atoms with E-state index in [0.29, 0.717) is 17.9 Å². The summed E-state index contributed by atoms with van der Waals surface area (Å²) in [4.78, 5) is 19.3. The molecular weight excluding hydrogens is 356 g/mol. The highest BCUT2D eigenvalue weighted by atomic mass is 16.1. The molecule has 0 atom stereocenters. The molecule has 0 radical (unpaired) electrons. The quantitative estimate of drug-likeness (QED) is 0.333. The van der Waals surface area contributed by atoms with E-state index in [2.05, 4.69) is 25.5 Å². The van der Waals surface area contributed by atoms with E-state index in [1.165, 1.54) is 6.07 Å². The van der Waals surface area contributed by atoms with Crippen molar-refractivity contribution >= 4 is 23.3 Å². The van der Waals surface area contributed by atoms with Gasteiger partial charge in [-0.15, -0.1) is 0 Å². The zero-order valence-electron chi connectivity index (χ0n) is 15.0. The van der Waals surface area contributed by atoms with Crippen LogP contribution in [-0.4, -0.2) is 22.1 Å². The molecule has 28 heavy (non-hydrogen) atoms. The van der Waals surface area contributed by atoms with E-state index in [1.54, 1.807) is 12.1 Å². The van der Waals surface area contributed by atoms with Crippen LogP contribution in [0.15, 0.2) is 75.4 Å². The van der Waals surface area contributed by atoms with Crippen molar-refractivity contribution < 1.29 is 0 Å². The third-order valence-corrected chi connectivity index (χ3v) is 3.78. The third-order valence-electron chi connectivity index (χ3n) is 3.78. The molecule has 0 saturated heterocycles. The Kier molecular flexibility index (Phi) is 5.66. The first-order valence-electron chi connectivity index (χ1n) is 8.43. The fourth-order valence-corrected chi connectivity index (χ4v) is 2.51. The Labute approximate surface area is 161 Å². The zero-order valence-corrected chi connectivity index (χ0v) is 15.0. The number of aromatic amines is 1. The van der Waals surface area contributed by atoms with Gasteiger partial charge in [0.15, 0.2) is 5.96 Å². The molecule has 142 valence electrons. The lowest BCUT2D eigenvalue weighted by molar-refractivity contribution is 0.995. The Bertz CT molecular complexity index is 1050. The maximum Gasteiger partial charge on any atom is 0.264 e. The van der Waals surface area contributed by atoms with Crippen molar-refractivity contribution in [3.8, 4) is 11.3 Å². The Morgan fingerprint density at radius 1 is 1.04 bits per heavy atom. The first-order valence-corrected chi connectivity index (χ1v) is 8.43. The summed E-state index contributed by atoms with van der Waals surface area (Å²) < 4.78 is 0. The second kappa shape index (κ2) is 8.49. The smallest absolute Gasteiger partial charge is 0.264 e. The van der Waals surface area contributed by atoms with Crippen LogP contribution in [0, 0.1) is 0 Å². The van der Waals surface area contributed by atoms with Gasteiger partial charge in [0.1, 0.15) is 0 Å². The number of guanidine groups is 2. The van der Waals surface area contributed by atoms with Crippen molar-refractivity contribution in [2.75, 3.05) is 5.32 Å². The average Bonchev–Trinajstić information content (AvgIpc) is 2.68. The minimum absolute atomic E-state index is 0.0747. The number of benzene rings is 2. The van der Waals surface area contributed by atoms with Gasteiger partial charge < -0.3 is 22.5 Å². The second-order valence-corrected chi connectivity index (χ2v) is 5.88. The molecule has 0 spiro atoms. The largest absolute Gasteiger partial charge is 0.379 e. The molecule has 1 heterocycles. The van der Waals surface area contributed by atoms with E-state index in [9.17, 15) is 4.79 Å². The fraction of sp³-hybridized carbons (Fsp3) is 0.0526. The maximum atomic E-state index is 11.2. The minimum Gasteiger partial charge on any atom is -0.379 e. The van der Waals surface area contributed by atoms with Gasteiger partial charge in [0, 0.05) is 18.2 Å². The number of aromatic nitrogens is 2. The van der Waals surface area contributed by atoms with Gasteiger partial charge in [0.2, 0.25) is 5.96 Å².